The highest BCUT2D eigenvalue weighted by atomic mass is 35.5. The molecule has 1 aromatic carbocycles. The van der Waals surface area contributed by atoms with Crippen molar-refractivity contribution < 1.29 is 0 Å². The van der Waals surface area contributed by atoms with Gasteiger partial charge < -0.3 is 4.90 Å². The molecule has 1 fully saturated rings. The molecule has 78 valence electrons. The van der Waals surface area contributed by atoms with Crippen LogP contribution in [0.3, 0.4) is 0 Å². The average molecular weight is 221 g/mol. The summed E-state index contributed by atoms with van der Waals surface area (Å²) < 4.78 is 0. The molecule has 0 aliphatic carbocycles. The second-order valence-electron chi connectivity index (χ2n) is 3.77. The average Bonchev–Trinajstić information content (AvgIpc) is 2.74. The van der Waals surface area contributed by atoms with Gasteiger partial charge in [0.25, 0.3) is 0 Å². The van der Waals surface area contributed by atoms with E-state index in [1.54, 1.807) is 0 Å². The van der Waals surface area contributed by atoms with E-state index in [4.69, 9.17) is 16.9 Å². The number of halogens is 1. The number of nitriles is 1. The lowest BCUT2D eigenvalue weighted by Gasteiger charge is -2.21. The van der Waals surface area contributed by atoms with E-state index in [1.165, 1.54) is 12.8 Å². The van der Waals surface area contributed by atoms with E-state index in [9.17, 15) is 0 Å². The van der Waals surface area contributed by atoms with Gasteiger partial charge in [0.15, 0.2) is 0 Å². The molecular weight excluding hydrogens is 208 g/mol. The molecule has 1 saturated heterocycles. The smallest absolute Gasteiger partial charge is 0.0671 e. The quantitative estimate of drug-likeness (QED) is 0.766. The van der Waals surface area contributed by atoms with Gasteiger partial charge in [0.2, 0.25) is 0 Å². The molecule has 2 nitrogen and oxygen atoms in total. The third-order valence-electron chi connectivity index (χ3n) is 2.80. The lowest BCUT2D eigenvalue weighted by Crippen LogP contribution is -2.19. The molecule has 15 heavy (non-hydrogen) atoms. The van der Waals surface area contributed by atoms with Crippen molar-refractivity contribution in [3.8, 4) is 6.07 Å². The van der Waals surface area contributed by atoms with Crippen molar-refractivity contribution in [1.29, 1.82) is 5.26 Å². The Morgan fingerprint density at radius 2 is 2.07 bits per heavy atom. The standard InChI is InChI=1S/C12H13ClN2/c13-11-4-3-5-12(10(11)6-7-14)15-8-1-2-9-15/h3-5H,1-2,6,8-9H2. The van der Waals surface area contributed by atoms with Crippen LogP contribution in [0.4, 0.5) is 5.69 Å². The molecule has 0 bridgehead atoms. The van der Waals surface area contributed by atoms with Gasteiger partial charge in [-0.1, -0.05) is 17.7 Å². The van der Waals surface area contributed by atoms with E-state index in [2.05, 4.69) is 17.0 Å². The summed E-state index contributed by atoms with van der Waals surface area (Å²) >= 11 is 6.11. The van der Waals surface area contributed by atoms with Gasteiger partial charge in [-0.15, -0.1) is 0 Å². The Bertz CT molecular complexity index is 389. The Morgan fingerprint density at radius 1 is 1.33 bits per heavy atom. The van der Waals surface area contributed by atoms with Crippen LogP contribution in [0.15, 0.2) is 18.2 Å². The molecule has 0 spiro atoms. The molecule has 0 unspecified atom stereocenters. The molecule has 0 saturated carbocycles. The maximum Gasteiger partial charge on any atom is 0.0671 e. The minimum atomic E-state index is 0.394. The highest BCUT2D eigenvalue weighted by molar-refractivity contribution is 6.31. The summed E-state index contributed by atoms with van der Waals surface area (Å²) in [6, 6.07) is 8.05. The Hall–Kier alpha value is -1.20. The maximum atomic E-state index is 8.78. The maximum absolute atomic E-state index is 8.78. The molecule has 0 atom stereocenters. The van der Waals surface area contributed by atoms with Crippen LogP contribution >= 0.6 is 11.6 Å². The van der Waals surface area contributed by atoms with E-state index in [0.29, 0.717) is 11.4 Å². The first-order valence-corrected chi connectivity index (χ1v) is 5.60. The minimum absolute atomic E-state index is 0.394. The summed E-state index contributed by atoms with van der Waals surface area (Å²) in [7, 11) is 0. The van der Waals surface area contributed by atoms with Crippen LogP contribution in [0.1, 0.15) is 18.4 Å². The number of anilines is 1. The van der Waals surface area contributed by atoms with Crippen LogP contribution in [0.5, 0.6) is 0 Å². The van der Waals surface area contributed by atoms with Crippen LogP contribution < -0.4 is 4.90 Å². The van der Waals surface area contributed by atoms with Crippen molar-refractivity contribution in [1.82, 2.24) is 0 Å². The topological polar surface area (TPSA) is 27.0 Å². The highest BCUT2D eigenvalue weighted by Crippen LogP contribution is 2.30. The van der Waals surface area contributed by atoms with E-state index in [0.717, 1.165) is 24.3 Å². The zero-order chi connectivity index (χ0) is 10.7. The van der Waals surface area contributed by atoms with Gasteiger partial charge in [-0.25, -0.2) is 0 Å². The normalized spacial score (nSPS) is 15.3. The van der Waals surface area contributed by atoms with Gasteiger partial charge in [0, 0.05) is 29.4 Å². The molecule has 1 aromatic rings. The fourth-order valence-corrected chi connectivity index (χ4v) is 2.29. The van der Waals surface area contributed by atoms with Crippen molar-refractivity contribution in [3.05, 3.63) is 28.8 Å². The van der Waals surface area contributed by atoms with Crippen molar-refractivity contribution in [2.45, 2.75) is 19.3 Å². The van der Waals surface area contributed by atoms with Crippen LogP contribution in [0.2, 0.25) is 5.02 Å². The Balaban J connectivity index is 2.36. The molecule has 1 aliphatic rings. The predicted molar refractivity (Wildman–Crippen MR) is 62.2 cm³/mol. The highest BCUT2D eigenvalue weighted by Gasteiger charge is 2.16. The SMILES string of the molecule is N#CCc1c(Cl)cccc1N1CCCC1. The monoisotopic (exact) mass is 220 g/mol. The molecule has 2 rings (SSSR count). The van der Waals surface area contributed by atoms with Crippen molar-refractivity contribution >= 4 is 17.3 Å². The first-order chi connectivity index (χ1) is 7.33. The summed E-state index contributed by atoms with van der Waals surface area (Å²) in [5.41, 5.74) is 2.12. The fourth-order valence-electron chi connectivity index (χ4n) is 2.06. The third-order valence-corrected chi connectivity index (χ3v) is 3.15. The zero-order valence-electron chi connectivity index (χ0n) is 8.54. The number of hydrogen-bond donors (Lipinski definition) is 0. The summed E-state index contributed by atoms with van der Waals surface area (Å²) in [5, 5.41) is 9.49. The van der Waals surface area contributed by atoms with E-state index >= 15 is 0 Å². The molecular formula is C12H13ClN2. The summed E-state index contributed by atoms with van der Waals surface area (Å²) in [5.74, 6) is 0. The number of rotatable bonds is 2. The van der Waals surface area contributed by atoms with Crippen molar-refractivity contribution in [3.63, 3.8) is 0 Å². The van der Waals surface area contributed by atoms with E-state index < -0.39 is 0 Å². The zero-order valence-corrected chi connectivity index (χ0v) is 9.30. The first-order valence-electron chi connectivity index (χ1n) is 5.22. The van der Waals surface area contributed by atoms with Gasteiger partial charge in [0.05, 0.1) is 12.5 Å². The second-order valence-corrected chi connectivity index (χ2v) is 4.17. The van der Waals surface area contributed by atoms with Crippen molar-refractivity contribution in [2.24, 2.45) is 0 Å². The summed E-state index contributed by atoms with van der Waals surface area (Å²) in [6.45, 7) is 2.16. The molecule has 0 aromatic heterocycles. The Morgan fingerprint density at radius 3 is 2.73 bits per heavy atom. The fraction of sp³-hybridized carbons (Fsp3) is 0.417. The first kappa shape index (κ1) is 10.3. The molecule has 0 N–H and O–H groups in total. The third kappa shape index (κ3) is 2.08. The minimum Gasteiger partial charge on any atom is -0.371 e. The van der Waals surface area contributed by atoms with E-state index in [1.807, 2.05) is 12.1 Å². The number of hydrogen-bond acceptors (Lipinski definition) is 2. The van der Waals surface area contributed by atoms with Gasteiger partial charge in [-0.3, -0.25) is 0 Å². The van der Waals surface area contributed by atoms with Crippen LogP contribution in [-0.4, -0.2) is 13.1 Å². The second kappa shape index (κ2) is 4.55. The van der Waals surface area contributed by atoms with Gasteiger partial charge >= 0.3 is 0 Å². The molecule has 1 heterocycles. The largest absolute Gasteiger partial charge is 0.371 e. The van der Waals surface area contributed by atoms with Gasteiger partial charge in [-0.2, -0.15) is 5.26 Å². The Kier molecular flexibility index (Phi) is 3.13. The van der Waals surface area contributed by atoms with Crippen LogP contribution in [-0.2, 0) is 6.42 Å². The lowest BCUT2D eigenvalue weighted by molar-refractivity contribution is 0.949. The predicted octanol–water partition coefficient (Wildman–Crippen LogP) is 3.01. The van der Waals surface area contributed by atoms with Crippen LogP contribution in [0.25, 0.3) is 0 Å². The van der Waals surface area contributed by atoms with Gasteiger partial charge in [0.1, 0.15) is 0 Å². The molecule has 3 heteroatoms. The van der Waals surface area contributed by atoms with Crippen molar-refractivity contribution in [2.75, 3.05) is 18.0 Å². The van der Waals surface area contributed by atoms with Crippen LogP contribution in [0, 0.1) is 11.3 Å². The lowest BCUT2D eigenvalue weighted by atomic mass is 10.1. The number of nitrogens with zero attached hydrogens (tertiary/aromatic N) is 2. The van der Waals surface area contributed by atoms with Gasteiger partial charge in [-0.05, 0) is 25.0 Å². The number of benzene rings is 1. The summed E-state index contributed by atoms with van der Waals surface area (Å²) in [6.07, 6.45) is 2.86. The molecule has 0 amide bonds. The molecule has 0 radical (unpaired) electrons. The van der Waals surface area contributed by atoms with E-state index in [-0.39, 0.29) is 0 Å². The Labute approximate surface area is 95.1 Å². The summed E-state index contributed by atoms with van der Waals surface area (Å²) in [4.78, 5) is 2.32. The molecule has 1 aliphatic heterocycles.